The van der Waals surface area contributed by atoms with E-state index in [1.54, 1.807) is 14.2 Å². The normalized spacial score (nSPS) is 14.8. The summed E-state index contributed by atoms with van der Waals surface area (Å²) in [7, 11) is 5.24. The maximum atomic E-state index is 12.8. The van der Waals surface area contributed by atoms with Gasteiger partial charge >= 0.3 is 0 Å². The molecule has 6 heteroatoms. The van der Waals surface area contributed by atoms with Crippen molar-refractivity contribution in [1.29, 1.82) is 0 Å². The van der Waals surface area contributed by atoms with Crippen LogP contribution in [0, 0.1) is 6.92 Å². The van der Waals surface area contributed by atoms with Gasteiger partial charge in [0, 0.05) is 44.8 Å². The van der Waals surface area contributed by atoms with E-state index in [1.807, 2.05) is 35.0 Å². The van der Waals surface area contributed by atoms with E-state index >= 15 is 0 Å². The van der Waals surface area contributed by atoms with Crippen molar-refractivity contribution in [3.05, 3.63) is 59.2 Å². The molecule has 1 saturated heterocycles. The zero-order valence-electron chi connectivity index (χ0n) is 18.6. The molecule has 1 aliphatic heterocycles. The minimum atomic E-state index is 0.176. The van der Waals surface area contributed by atoms with Crippen LogP contribution in [0.25, 0.3) is 0 Å². The smallest absolute Gasteiger partial charge is 0.236 e. The minimum Gasteiger partial charge on any atom is -0.493 e. The highest BCUT2D eigenvalue weighted by Crippen LogP contribution is 2.31. The Morgan fingerprint density at radius 1 is 0.967 bits per heavy atom. The molecule has 162 valence electrons. The molecule has 0 saturated carbocycles. The molecule has 0 bridgehead atoms. The number of rotatable bonds is 8. The van der Waals surface area contributed by atoms with Crippen LogP contribution in [-0.4, -0.2) is 74.6 Å². The first-order chi connectivity index (χ1) is 14.5. The molecule has 0 aliphatic carbocycles. The summed E-state index contributed by atoms with van der Waals surface area (Å²) in [5, 5.41) is 0. The quantitative estimate of drug-likeness (QED) is 0.668. The molecule has 0 radical (unpaired) electrons. The molecule has 1 heterocycles. The molecule has 1 fully saturated rings. The maximum Gasteiger partial charge on any atom is 0.236 e. The lowest BCUT2D eigenvalue weighted by Crippen LogP contribution is -2.50. The van der Waals surface area contributed by atoms with Gasteiger partial charge in [-0.25, -0.2) is 0 Å². The highest BCUT2D eigenvalue weighted by molar-refractivity contribution is 5.78. The molecule has 0 aromatic heterocycles. The van der Waals surface area contributed by atoms with Gasteiger partial charge in [-0.2, -0.15) is 0 Å². The Kier molecular flexibility index (Phi) is 7.71. The highest BCUT2D eigenvalue weighted by Gasteiger charge is 2.22. The van der Waals surface area contributed by atoms with Crippen LogP contribution in [0.1, 0.15) is 16.7 Å². The van der Waals surface area contributed by atoms with E-state index in [0.29, 0.717) is 18.8 Å². The summed E-state index contributed by atoms with van der Waals surface area (Å²) in [5.74, 6) is 1.61. The highest BCUT2D eigenvalue weighted by atomic mass is 16.5. The first kappa shape index (κ1) is 22.1. The van der Waals surface area contributed by atoms with Crippen molar-refractivity contribution in [1.82, 2.24) is 14.7 Å². The minimum absolute atomic E-state index is 0.176. The van der Waals surface area contributed by atoms with Crippen molar-refractivity contribution < 1.29 is 14.3 Å². The zero-order chi connectivity index (χ0) is 21.5. The fraction of sp³-hybridized carbons (Fsp3) is 0.458. The van der Waals surface area contributed by atoms with Crippen molar-refractivity contribution in [2.24, 2.45) is 0 Å². The third kappa shape index (κ3) is 5.52. The number of methoxy groups -OCH3 is 2. The summed E-state index contributed by atoms with van der Waals surface area (Å²) in [5.41, 5.74) is 3.70. The van der Waals surface area contributed by atoms with Crippen molar-refractivity contribution in [2.75, 3.05) is 54.0 Å². The number of hydrogen-bond acceptors (Lipinski definition) is 5. The number of ether oxygens (including phenoxy) is 2. The average molecular weight is 412 g/mol. The number of piperazine rings is 1. The third-order valence-electron chi connectivity index (χ3n) is 5.71. The van der Waals surface area contributed by atoms with Crippen molar-refractivity contribution in [3.8, 4) is 11.5 Å². The number of carbonyl (C=O) groups is 1. The Balaban J connectivity index is 1.49. The Hall–Kier alpha value is -2.57. The molecule has 1 amide bonds. The van der Waals surface area contributed by atoms with Crippen LogP contribution in [0.2, 0.25) is 0 Å². The van der Waals surface area contributed by atoms with Crippen molar-refractivity contribution in [3.63, 3.8) is 0 Å². The van der Waals surface area contributed by atoms with Gasteiger partial charge in [0.1, 0.15) is 0 Å². The van der Waals surface area contributed by atoms with Crippen LogP contribution in [0.4, 0.5) is 0 Å². The molecule has 0 unspecified atom stereocenters. The Morgan fingerprint density at radius 2 is 1.67 bits per heavy atom. The summed E-state index contributed by atoms with van der Waals surface area (Å²) in [4.78, 5) is 19.2. The predicted octanol–water partition coefficient (Wildman–Crippen LogP) is 2.79. The van der Waals surface area contributed by atoms with Crippen LogP contribution < -0.4 is 9.47 Å². The lowest BCUT2D eigenvalue weighted by Gasteiger charge is -2.35. The van der Waals surface area contributed by atoms with E-state index in [4.69, 9.17) is 9.47 Å². The van der Waals surface area contributed by atoms with E-state index in [9.17, 15) is 4.79 Å². The predicted molar refractivity (Wildman–Crippen MR) is 119 cm³/mol. The maximum absolute atomic E-state index is 12.8. The van der Waals surface area contributed by atoms with E-state index in [0.717, 1.165) is 44.0 Å². The second-order valence-electron chi connectivity index (χ2n) is 7.91. The largest absolute Gasteiger partial charge is 0.493 e. The van der Waals surface area contributed by atoms with Crippen LogP contribution in [0.15, 0.2) is 42.5 Å². The Labute approximate surface area is 180 Å². The summed E-state index contributed by atoms with van der Waals surface area (Å²) in [6.45, 7) is 7.49. The number of carbonyl (C=O) groups excluding carboxylic acids is 1. The first-order valence-corrected chi connectivity index (χ1v) is 10.4. The lowest BCUT2D eigenvalue weighted by molar-refractivity contribution is -0.134. The standard InChI is InChI=1S/C24H33N3O3/c1-19-8-5-6-9-20(19)17-26-12-14-27(15-13-26)23(28)18-25(2)16-21-10-7-11-22(29-3)24(21)30-4/h5-11H,12-18H2,1-4H3. The topological polar surface area (TPSA) is 45.2 Å². The summed E-state index contributed by atoms with van der Waals surface area (Å²) in [6.07, 6.45) is 0. The van der Waals surface area contributed by atoms with E-state index in [1.165, 1.54) is 11.1 Å². The molecule has 2 aromatic carbocycles. The lowest BCUT2D eigenvalue weighted by atomic mass is 10.1. The van der Waals surface area contributed by atoms with Gasteiger partial charge < -0.3 is 14.4 Å². The van der Waals surface area contributed by atoms with Crippen molar-refractivity contribution >= 4 is 5.91 Å². The molecule has 0 atom stereocenters. The van der Waals surface area contributed by atoms with Gasteiger partial charge in [0.2, 0.25) is 5.91 Å². The molecular weight excluding hydrogens is 378 g/mol. The van der Waals surface area contributed by atoms with Crippen LogP contribution >= 0.6 is 0 Å². The molecule has 6 nitrogen and oxygen atoms in total. The SMILES string of the molecule is COc1cccc(CN(C)CC(=O)N2CCN(Cc3ccccc3C)CC2)c1OC. The molecular formula is C24H33N3O3. The molecule has 1 aliphatic rings. The van der Waals surface area contributed by atoms with Gasteiger partial charge in [-0.1, -0.05) is 36.4 Å². The fourth-order valence-corrected chi connectivity index (χ4v) is 3.94. The number of benzene rings is 2. The van der Waals surface area contributed by atoms with Gasteiger partial charge in [0.15, 0.2) is 11.5 Å². The van der Waals surface area contributed by atoms with Crippen LogP contribution in [0.5, 0.6) is 11.5 Å². The molecule has 2 aromatic rings. The molecule has 0 spiro atoms. The fourth-order valence-electron chi connectivity index (χ4n) is 3.94. The summed E-state index contributed by atoms with van der Waals surface area (Å²) < 4.78 is 10.9. The number of hydrogen-bond donors (Lipinski definition) is 0. The number of aryl methyl sites for hydroxylation is 1. The Bertz CT molecular complexity index is 847. The number of likely N-dealkylation sites (N-methyl/N-ethyl adjacent to an activating group) is 1. The second-order valence-corrected chi connectivity index (χ2v) is 7.91. The molecule has 30 heavy (non-hydrogen) atoms. The van der Waals surface area contributed by atoms with Gasteiger partial charge in [-0.05, 0) is 31.2 Å². The van der Waals surface area contributed by atoms with Crippen LogP contribution in [-0.2, 0) is 17.9 Å². The Morgan fingerprint density at radius 3 is 2.33 bits per heavy atom. The number of amides is 1. The monoisotopic (exact) mass is 411 g/mol. The van der Waals surface area contributed by atoms with Crippen LogP contribution in [0.3, 0.4) is 0 Å². The summed E-state index contributed by atoms with van der Waals surface area (Å²) in [6, 6.07) is 14.3. The first-order valence-electron chi connectivity index (χ1n) is 10.4. The third-order valence-corrected chi connectivity index (χ3v) is 5.71. The number of para-hydroxylation sites is 1. The van der Waals surface area contributed by atoms with E-state index in [-0.39, 0.29) is 5.91 Å². The van der Waals surface area contributed by atoms with Gasteiger partial charge in [0.25, 0.3) is 0 Å². The van der Waals surface area contributed by atoms with Crippen molar-refractivity contribution in [2.45, 2.75) is 20.0 Å². The second kappa shape index (κ2) is 10.5. The van der Waals surface area contributed by atoms with E-state index in [2.05, 4.69) is 36.1 Å². The molecule has 0 N–H and O–H groups in total. The zero-order valence-corrected chi connectivity index (χ0v) is 18.6. The average Bonchev–Trinajstić information content (AvgIpc) is 2.75. The number of nitrogens with zero attached hydrogens (tertiary/aromatic N) is 3. The van der Waals surface area contributed by atoms with Gasteiger partial charge in [-0.15, -0.1) is 0 Å². The van der Waals surface area contributed by atoms with E-state index < -0.39 is 0 Å². The molecule has 3 rings (SSSR count). The summed E-state index contributed by atoms with van der Waals surface area (Å²) >= 11 is 0. The van der Waals surface area contributed by atoms with Gasteiger partial charge in [0.05, 0.1) is 20.8 Å². The van der Waals surface area contributed by atoms with Gasteiger partial charge in [-0.3, -0.25) is 14.6 Å².